The van der Waals surface area contributed by atoms with Gasteiger partial charge in [-0.2, -0.15) is 0 Å². The molecule has 2 heterocycles. The summed E-state index contributed by atoms with van der Waals surface area (Å²) >= 11 is 6.20. The number of imidazole rings is 1. The van der Waals surface area contributed by atoms with Gasteiger partial charge in [-0.3, -0.25) is 0 Å². The average molecular weight is 304 g/mol. The maximum absolute atomic E-state index is 6.20. The summed E-state index contributed by atoms with van der Waals surface area (Å²) in [7, 11) is 1.96. The molecule has 1 unspecified atom stereocenters. The van der Waals surface area contributed by atoms with Crippen LogP contribution in [-0.2, 0) is 7.05 Å². The average Bonchev–Trinajstić information content (AvgIpc) is 3.07. The van der Waals surface area contributed by atoms with E-state index in [4.69, 9.17) is 16.0 Å². The van der Waals surface area contributed by atoms with Gasteiger partial charge < -0.3 is 14.3 Å². The fourth-order valence-corrected chi connectivity index (χ4v) is 2.63. The molecule has 0 bridgehead atoms. The molecule has 5 heteroatoms. The Morgan fingerprint density at radius 2 is 2.29 bits per heavy atom. The van der Waals surface area contributed by atoms with Crippen molar-refractivity contribution < 1.29 is 4.42 Å². The summed E-state index contributed by atoms with van der Waals surface area (Å²) in [4.78, 5) is 4.45. The van der Waals surface area contributed by atoms with Crippen molar-refractivity contribution >= 4 is 22.6 Å². The highest BCUT2D eigenvalue weighted by Crippen LogP contribution is 2.31. The summed E-state index contributed by atoms with van der Waals surface area (Å²) in [5.41, 5.74) is 1.68. The minimum atomic E-state index is -0.0605. The molecule has 0 aliphatic carbocycles. The van der Waals surface area contributed by atoms with Crippen molar-refractivity contribution in [1.82, 2.24) is 14.9 Å². The van der Waals surface area contributed by atoms with Crippen molar-refractivity contribution in [2.75, 3.05) is 6.54 Å². The molecule has 1 N–H and O–H groups in total. The second-order valence-electron chi connectivity index (χ2n) is 5.16. The molecular formula is C16H18ClN3O. The summed E-state index contributed by atoms with van der Waals surface area (Å²) in [5, 5.41) is 5.13. The van der Waals surface area contributed by atoms with E-state index < -0.39 is 0 Å². The van der Waals surface area contributed by atoms with Gasteiger partial charge in [-0.1, -0.05) is 30.7 Å². The zero-order valence-corrected chi connectivity index (χ0v) is 12.9. The van der Waals surface area contributed by atoms with E-state index in [1.165, 1.54) is 0 Å². The third-order valence-electron chi connectivity index (χ3n) is 3.42. The molecule has 3 aromatic rings. The lowest BCUT2D eigenvalue weighted by Crippen LogP contribution is -2.23. The molecule has 0 aliphatic heterocycles. The first-order chi connectivity index (χ1) is 10.2. The number of furan rings is 1. The first-order valence-corrected chi connectivity index (χ1v) is 7.46. The van der Waals surface area contributed by atoms with Gasteiger partial charge >= 0.3 is 0 Å². The van der Waals surface area contributed by atoms with E-state index in [0.29, 0.717) is 5.02 Å². The van der Waals surface area contributed by atoms with Gasteiger partial charge in [0.1, 0.15) is 11.8 Å². The van der Waals surface area contributed by atoms with E-state index in [0.717, 1.165) is 35.4 Å². The first-order valence-electron chi connectivity index (χ1n) is 7.08. The first kappa shape index (κ1) is 14.2. The van der Waals surface area contributed by atoms with Crippen LogP contribution in [0.1, 0.15) is 30.8 Å². The number of nitrogens with one attached hydrogen (secondary N) is 1. The molecule has 0 saturated heterocycles. The Morgan fingerprint density at radius 3 is 2.95 bits per heavy atom. The molecule has 2 aromatic heterocycles. The van der Waals surface area contributed by atoms with Crippen LogP contribution in [0.3, 0.4) is 0 Å². The monoisotopic (exact) mass is 303 g/mol. The van der Waals surface area contributed by atoms with Crippen molar-refractivity contribution in [3.8, 4) is 0 Å². The third-order valence-corrected chi connectivity index (χ3v) is 3.72. The van der Waals surface area contributed by atoms with Crippen molar-refractivity contribution in [3.05, 3.63) is 53.3 Å². The predicted octanol–water partition coefficient (Wildman–Crippen LogP) is 3.91. The minimum Gasteiger partial charge on any atom is -0.457 e. The van der Waals surface area contributed by atoms with Gasteiger partial charge in [0.2, 0.25) is 0 Å². The number of fused-ring (bicyclic) bond motifs is 1. The molecular weight excluding hydrogens is 286 g/mol. The fraction of sp³-hybridized carbons (Fsp3) is 0.312. The largest absolute Gasteiger partial charge is 0.457 e. The Hall–Kier alpha value is -1.78. The normalized spacial score (nSPS) is 12.9. The lowest BCUT2D eigenvalue weighted by atomic mass is 10.1. The standard InChI is InChI=1S/C16H18ClN3O/c1-3-7-18-15(13-9-20(2)10-19-13)14-8-11-5-4-6-12(17)16(11)21-14/h4-6,8-10,15,18H,3,7H2,1-2H3. The van der Waals surface area contributed by atoms with E-state index >= 15 is 0 Å². The SMILES string of the molecule is CCCNC(c1cn(C)cn1)c1cc2cccc(Cl)c2o1. The Morgan fingerprint density at radius 1 is 1.43 bits per heavy atom. The highest BCUT2D eigenvalue weighted by Gasteiger charge is 2.20. The molecule has 0 radical (unpaired) electrons. The second-order valence-corrected chi connectivity index (χ2v) is 5.57. The maximum Gasteiger partial charge on any atom is 0.152 e. The van der Waals surface area contributed by atoms with Gasteiger partial charge in [-0.15, -0.1) is 0 Å². The smallest absolute Gasteiger partial charge is 0.152 e. The number of aryl methyl sites for hydroxylation is 1. The van der Waals surface area contributed by atoms with Crippen LogP contribution >= 0.6 is 11.6 Å². The molecule has 0 spiro atoms. The van der Waals surface area contributed by atoms with Crippen LogP contribution < -0.4 is 5.32 Å². The molecule has 0 amide bonds. The number of aromatic nitrogens is 2. The van der Waals surface area contributed by atoms with Gasteiger partial charge in [0, 0.05) is 18.6 Å². The molecule has 0 aliphatic rings. The molecule has 3 rings (SSSR count). The molecule has 1 aromatic carbocycles. The topological polar surface area (TPSA) is 43.0 Å². The minimum absolute atomic E-state index is 0.0605. The molecule has 21 heavy (non-hydrogen) atoms. The van der Waals surface area contributed by atoms with Crippen molar-refractivity contribution in [1.29, 1.82) is 0 Å². The number of benzene rings is 1. The summed E-state index contributed by atoms with van der Waals surface area (Å²) in [6.45, 7) is 3.03. The predicted molar refractivity (Wildman–Crippen MR) is 84.6 cm³/mol. The highest BCUT2D eigenvalue weighted by molar-refractivity contribution is 6.34. The van der Waals surface area contributed by atoms with Crippen LogP contribution in [0.5, 0.6) is 0 Å². The number of para-hydroxylation sites is 1. The molecule has 0 fully saturated rings. The van der Waals surface area contributed by atoms with Crippen LogP contribution in [-0.4, -0.2) is 16.1 Å². The fourth-order valence-electron chi connectivity index (χ4n) is 2.41. The summed E-state index contributed by atoms with van der Waals surface area (Å²) < 4.78 is 7.91. The van der Waals surface area contributed by atoms with Gasteiger partial charge in [0.05, 0.1) is 17.0 Å². The van der Waals surface area contributed by atoms with E-state index in [9.17, 15) is 0 Å². The van der Waals surface area contributed by atoms with E-state index in [1.807, 2.05) is 42.1 Å². The van der Waals surface area contributed by atoms with Gasteiger partial charge in [0.15, 0.2) is 5.58 Å². The number of halogens is 1. The van der Waals surface area contributed by atoms with Crippen LogP contribution in [0.4, 0.5) is 0 Å². The zero-order valence-electron chi connectivity index (χ0n) is 12.1. The maximum atomic E-state index is 6.20. The van der Waals surface area contributed by atoms with E-state index in [1.54, 1.807) is 6.33 Å². The molecule has 1 atom stereocenters. The summed E-state index contributed by atoms with van der Waals surface area (Å²) in [5.74, 6) is 0.838. The van der Waals surface area contributed by atoms with Gasteiger partial charge in [0.25, 0.3) is 0 Å². The van der Waals surface area contributed by atoms with Crippen LogP contribution in [0.25, 0.3) is 11.0 Å². The highest BCUT2D eigenvalue weighted by atomic mass is 35.5. The second kappa shape index (κ2) is 5.92. The number of nitrogens with zero attached hydrogens (tertiary/aromatic N) is 2. The summed E-state index contributed by atoms with van der Waals surface area (Å²) in [6, 6.07) is 7.74. The van der Waals surface area contributed by atoms with Crippen molar-refractivity contribution in [2.24, 2.45) is 7.05 Å². The Balaban J connectivity index is 2.03. The van der Waals surface area contributed by atoms with Crippen molar-refractivity contribution in [3.63, 3.8) is 0 Å². The van der Waals surface area contributed by atoms with E-state index in [-0.39, 0.29) is 6.04 Å². The Bertz CT molecular complexity index is 747. The van der Waals surface area contributed by atoms with Gasteiger partial charge in [-0.05, 0) is 25.1 Å². The Kier molecular flexibility index (Phi) is 3.99. The van der Waals surface area contributed by atoms with Crippen LogP contribution in [0.15, 0.2) is 41.2 Å². The van der Waals surface area contributed by atoms with Crippen molar-refractivity contribution in [2.45, 2.75) is 19.4 Å². The quantitative estimate of drug-likeness (QED) is 0.777. The third kappa shape index (κ3) is 2.82. The lowest BCUT2D eigenvalue weighted by Gasteiger charge is -2.13. The molecule has 0 saturated carbocycles. The van der Waals surface area contributed by atoms with Gasteiger partial charge in [-0.25, -0.2) is 4.98 Å². The summed E-state index contributed by atoms with van der Waals surface area (Å²) in [6.07, 6.45) is 4.85. The Labute approximate surface area is 128 Å². The lowest BCUT2D eigenvalue weighted by molar-refractivity contribution is 0.464. The van der Waals surface area contributed by atoms with E-state index in [2.05, 4.69) is 17.2 Å². The molecule has 4 nitrogen and oxygen atoms in total. The number of rotatable bonds is 5. The number of hydrogen-bond donors (Lipinski definition) is 1. The van der Waals surface area contributed by atoms with Crippen LogP contribution in [0.2, 0.25) is 5.02 Å². The molecule has 110 valence electrons. The number of hydrogen-bond acceptors (Lipinski definition) is 3. The van der Waals surface area contributed by atoms with Crippen LogP contribution in [0, 0.1) is 0 Å². The zero-order chi connectivity index (χ0) is 14.8.